The second-order valence-corrected chi connectivity index (χ2v) is 4.43. The lowest BCUT2D eigenvalue weighted by Crippen LogP contribution is -2.03. The Kier molecular flexibility index (Phi) is 3.30. The predicted molar refractivity (Wildman–Crippen MR) is 70.9 cm³/mol. The van der Waals surface area contributed by atoms with Gasteiger partial charge in [-0.3, -0.25) is 4.68 Å². The largest absolute Gasteiger partial charge is 0.345 e. The highest BCUT2D eigenvalue weighted by atomic mass is 35.5. The Morgan fingerprint density at radius 1 is 1.30 bits per heavy atom. The van der Waals surface area contributed by atoms with Crippen molar-refractivity contribution in [2.45, 2.75) is 6.54 Å². The zero-order valence-corrected chi connectivity index (χ0v) is 11.2. The van der Waals surface area contributed by atoms with E-state index in [0.29, 0.717) is 29.2 Å². The minimum Gasteiger partial charge on any atom is -0.345 e. The number of hydrogen-bond donors (Lipinski definition) is 1. The lowest BCUT2D eigenvalue weighted by Gasteiger charge is -1.99. The van der Waals surface area contributed by atoms with Gasteiger partial charge < -0.3 is 9.84 Å². The smallest absolute Gasteiger partial charge is 0.246 e. The molecule has 102 valence electrons. The number of aryl methyl sites for hydroxylation is 1. The Labute approximate surface area is 118 Å². The van der Waals surface area contributed by atoms with Crippen LogP contribution in [0.5, 0.6) is 0 Å². The molecule has 0 fully saturated rings. The second-order valence-electron chi connectivity index (χ2n) is 3.99. The summed E-state index contributed by atoms with van der Waals surface area (Å²) in [5.74, 6) is 1.37. The fourth-order valence-corrected chi connectivity index (χ4v) is 1.64. The van der Waals surface area contributed by atoms with E-state index in [9.17, 15) is 0 Å². The highest BCUT2D eigenvalue weighted by molar-refractivity contribution is 6.30. The van der Waals surface area contributed by atoms with Gasteiger partial charge in [0.2, 0.25) is 17.7 Å². The zero-order valence-electron chi connectivity index (χ0n) is 10.5. The molecule has 0 aliphatic rings. The van der Waals surface area contributed by atoms with Crippen molar-refractivity contribution in [3.63, 3.8) is 0 Å². The maximum Gasteiger partial charge on any atom is 0.246 e. The van der Waals surface area contributed by atoms with E-state index in [1.54, 1.807) is 10.9 Å². The molecule has 0 radical (unpaired) electrons. The number of anilines is 1. The average Bonchev–Trinajstić information content (AvgIpc) is 3.07. The SMILES string of the molecule is Cn1cc(-c2noc(CNc3ncc(Cl)cn3)n2)cn1. The highest BCUT2D eigenvalue weighted by Gasteiger charge is 2.10. The van der Waals surface area contributed by atoms with Crippen LogP contribution in [-0.4, -0.2) is 29.9 Å². The monoisotopic (exact) mass is 291 g/mol. The Balaban J connectivity index is 1.67. The van der Waals surface area contributed by atoms with Gasteiger partial charge in [0, 0.05) is 13.2 Å². The van der Waals surface area contributed by atoms with E-state index in [4.69, 9.17) is 16.1 Å². The highest BCUT2D eigenvalue weighted by Crippen LogP contribution is 2.14. The van der Waals surface area contributed by atoms with Crippen LogP contribution in [-0.2, 0) is 13.6 Å². The van der Waals surface area contributed by atoms with Crippen molar-refractivity contribution in [2.24, 2.45) is 7.05 Å². The van der Waals surface area contributed by atoms with Crippen LogP contribution in [0.25, 0.3) is 11.4 Å². The average molecular weight is 292 g/mol. The first-order chi connectivity index (χ1) is 9.70. The number of aromatic nitrogens is 6. The number of halogens is 1. The van der Waals surface area contributed by atoms with Gasteiger partial charge in [-0.1, -0.05) is 16.8 Å². The molecule has 3 rings (SSSR count). The first-order valence-electron chi connectivity index (χ1n) is 5.74. The van der Waals surface area contributed by atoms with Crippen LogP contribution in [0.1, 0.15) is 5.89 Å². The normalized spacial score (nSPS) is 10.7. The quantitative estimate of drug-likeness (QED) is 0.778. The molecule has 9 heteroatoms. The van der Waals surface area contributed by atoms with E-state index in [2.05, 4.69) is 30.5 Å². The van der Waals surface area contributed by atoms with Crippen molar-refractivity contribution in [1.29, 1.82) is 0 Å². The van der Waals surface area contributed by atoms with E-state index in [0.717, 1.165) is 5.56 Å². The standard InChI is InChI=1S/C11H10ClN7O/c1-19-6-7(2-16-19)10-17-9(20-18-10)5-15-11-13-3-8(12)4-14-11/h2-4,6H,5H2,1H3,(H,13,14,15). The fourth-order valence-electron chi connectivity index (χ4n) is 1.54. The molecule has 20 heavy (non-hydrogen) atoms. The zero-order chi connectivity index (χ0) is 13.9. The van der Waals surface area contributed by atoms with Gasteiger partial charge in [0.05, 0.1) is 35.7 Å². The minimum absolute atomic E-state index is 0.328. The maximum atomic E-state index is 5.70. The van der Waals surface area contributed by atoms with Crippen molar-refractivity contribution in [3.8, 4) is 11.4 Å². The summed E-state index contributed by atoms with van der Waals surface area (Å²) in [4.78, 5) is 12.3. The maximum absolute atomic E-state index is 5.70. The summed E-state index contributed by atoms with van der Waals surface area (Å²) in [7, 11) is 1.82. The van der Waals surface area contributed by atoms with Gasteiger partial charge in [0.1, 0.15) is 0 Å². The Bertz CT molecular complexity index is 706. The molecule has 0 saturated carbocycles. The van der Waals surface area contributed by atoms with Crippen LogP contribution in [0.3, 0.4) is 0 Å². The van der Waals surface area contributed by atoms with Crippen LogP contribution in [0.2, 0.25) is 5.02 Å². The third-order valence-electron chi connectivity index (χ3n) is 2.45. The van der Waals surface area contributed by atoms with Gasteiger partial charge in [0.15, 0.2) is 0 Å². The summed E-state index contributed by atoms with van der Waals surface area (Å²) in [6.07, 6.45) is 6.49. The predicted octanol–water partition coefficient (Wildman–Crippen LogP) is 1.53. The summed E-state index contributed by atoms with van der Waals surface area (Å²) in [5.41, 5.74) is 0.797. The van der Waals surface area contributed by atoms with Gasteiger partial charge in [-0.15, -0.1) is 0 Å². The molecule has 3 heterocycles. The molecule has 0 aliphatic heterocycles. The first-order valence-corrected chi connectivity index (χ1v) is 6.11. The molecule has 3 aromatic heterocycles. The van der Waals surface area contributed by atoms with E-state index in [1.165, 1.54) is 12.4 Å². The van der Waals surface area contributed by atoms with Crippen molar-refractivity contribution >= 4 is 17.5 Å². The lowest BCUT2D eigenvalue weighted by atomic mass is 10.3. The first kappa shape index (κ1) is 12.5. The van der Waals surface area contributed by atoms with Crippen molar-refractivity contribution in [2.75, 3.05) is 5.32 Å². The van der Waals surface area contributed by atoms with Gasteiger partial charge in [-0.25, -0.2) is 9.97 Å². The number of rotatable bonds is 4. The van der Waals surface area contributed by atoms with Crippen LogP contribution in [0, 0.1) is 0 Å². The topological polar surface area (TPSA) is 94.6 Å². The summed E-state index contributed by atoms with van der Waals surface area (Å²) in [6.45, 7) is 0.328. The Morgan fingerprint density at radius 3 is 2.80 bits per heavy atom. The third-order valence-corrected chi connectivity index (χ3v) is 2.64. The Morgan fingerprint density at radius 2 is 2.10 bits per heavy atom. The van der Waals surface area contributed by atoms with Crippen LogP contribution < -0.4 is 5.32 Å². The molecule has 0 atom stereocenters. The summed E-state index contributed by atoms with van der Waals surface area (Å²) in [6, 6.07) is 0. The van der Waals surface area contributed by atoms with Crippen LogP contribution >= 0.6 is 11.6 Å². The van der Waals surface area contributed by atoms with Gasteiger partial charge in [0.25, 0.3) is 0 Å². The molecule has 0 spiro atoms. The van der Waals surface area contributed by atoms with Crippen LogP contribution in [0.4, 0.5) is 5.95 Å². The molecular formula is C11H10ClN7O. The molecule has 0 unspecified atom stereocenters. The van der Waals surface area contributed by atoms with Crippen molar-refractivity contribution < 1.29 is 4.52 Å². The fraction of sp³-hybridized carbons (Fsp3) is 0.182. The van der Waals surface area contributed by atoms with Gasteiger partial charge in [-0.2, -0.15) is 10.1 Å². The molecule has 0 saturated heterocycles. The van der Waals surface area contributed by atoms with E-state index in [1.807, 2.05) is 13.2 Å². The molecule has 0 amide bonds. The van der Waals surface area contributed by atoms with Crippen molar-refractivity contribution in [3.05, 3.63) is 35.7 Å². The summed E-state index contributed by atoms with van der Waals surface area (Å²) in [5, 5.41) is 11.4. The molecule has 0 bridgehead atoms. The number of hydrogen-bond acceptors (Lipinski definition) is 7. The Hall–Kier alpha value is -2.48. The van der Waals surface area contributed by atoms with Crippen LogP contribution in [0.15, 0.2) is 29.3 Å². The molecule has 0 aliphatic carbocycles. The molecule has 0 aromatic carbocycles. The number of nitrogens with zero attached hydrogens (tertiary/aromatic N) is 6. The second kappa shape index (κ2) is 5.25. The third kappa shape index (κ3) is 2.75. The van der Waals surface area contributed by atoms with E-state index < -0.39 is 0 Å². The molecule has 1 N–H and O–H groups in total. The molecular weight excluding hydrogens is 282 g/mol. The lowest BCUT2D eigenvalue weighted by molar-refractivity contribution is 0.384. The summed E-state index contributed by atoms with van der Waals surface area (Å²) < 4.78 is 6.80. The number of nitrogens with one attached hydrogen (secondary N) is 1. The molecule has 3 aromatic rings. The van der Waals surface area contributed by atoms with E-state index in [-0.39, 0.29) is 0 Å². The molecule has 8 nitrogen and oxygen atoms in total. The van der Waals surface area contributed by atoms with E-state index >= 15 is 0 Å². The van der Waals surface area contributed by atoms with Gasteiger partial charge >= 0.3 is 0 Å². The summed E-state index contributed by atoms with van der Waals surface area (Å²) >= 11 is 5.70. The minimum atomic E-state index is 0.328. The van der Waals surface area contributed by atoms with Crippen molar-refractivity contribution in [1.82, 2.24) is 29.9 Å². The van der Waals surface area contributed by atoms with Gasteiger partial charge in [-0.05, 0) is 0 Å².